The maximum Gasteiger partial charge on any atom is 0.243 e. The first-order chi connectivity index (χ1) is 12.9. The number of hydrogen-bond acceptors (Lipinski definition) is 5. The summed E-state index contributed by atoms with van der Waals surface area (Å²) in [4.78, 5) is 13.6. The molecule has 0 saturated carbocycles. The van der Waals surface area contributed by atoms with Gasteiger partial charge in [0.05, 0.1) is 11.1 Å². The number of rotatable bonds is 5. The molecule has 1 N–H and O–H groups in total. The van der Waals surface area contributed by atoms with Crippen LogP contribution in [-0.4, -0.2) is 37.9 Å². The van der Waals surface area contributed by atoms with Crippen LogP contribution in [-0.2, 0) is 14.8 Å². The monoisotopic (exact) mass is 405 g/mol. The molecule has 0 spiro atoms. The Labute approximate surface area is 164 Å². The number of carbonyl (C=O) groups excluding carboxylic acids is 1. The van der Waals surface area contributed by atoms with Crippen molar-refractivity contribution in [3.63, 3.8) is 0 Å². The summed E-state index contributed by atoms with van der Waals surface area (Å²) in [5, 5.41) is 6.00. The number of aryl methyl sites for hydroxylation is 2. The van der Waals surface area contributed by atoms with Crippen molar-refractivity contribution >= 4 is 33.5 Å². The number of sulfonamides is 1. The fourth-order valence-corrected chi connectivity index (χ4v) is 5.24. The van der Waals surface area contributed by atoms with E-state index < -0.39 is 10.0 Å². The zero-order valence-corrected chi connectivity index (χ0v) is 17.0. The molecule has 8 heteroatoms. The highest BCUT2D eigenvalue weighted by Crippen LogP contribution is 2.24. The lowest BCUT2D eigenvalue weighted by molar-refractivity contribution is -0.126. The van der Waals surface area contributed by atoms with Crippen molar-refractivity contribution in [3.05, 3.63) is 51.7 Å². The number of benzene rings is 1. The molecule has 1 aliphatic rings. The summed E-state index contributed by atoms with van der Waals surface area (Å²) in [5.74, 6) is -0.385. The standard InChI is InChI=1S/C19H23N3O3S2/c1-14-3-5-17(6-4-14)27(24,25)22-10-7-16(8-11-22)19(23)21-20-13-18-15(2)9-12-26-18/h3-6,9,12-13,16H,7-8,10-11H2,1-2H3,(H,21,23)/b20-13-. The third-order valence-electron chi connectivity index (χ3n) is 4.74. The normalized spacial score (nSPS) is 16.7. The minimum absolute atomic E-state index is 0.159. The van der Waals surface area contributed by atoms with Crippen molar-refractivity contribution in [1.82, 2.24) is 9.73 Å². The van der Waals surface area contributed by atoms with Gasteiger partial charge in [0.25, 0.3) is 0 Å². The van der Waals surface area contributed by atoms with E-state index in [0.717, 1.165) is 16.0 Å². The second kappa shape index (κ2) is 8.33. The van der Waals surface area contributed by atoms with Crippen LogP contribution in [0.3, 0.4) is 0 Å². The Balaban J connectivity index is 1.55. The van der Waals surface area contributed by atoms with Crippen LogP contribution in [0.4, 0.5) is 0 Å². The van der Waals surface area contributed by atoms with Crippen LogP contribution in [0, 0.1) is 19.8 Å². The van der Waals surface area contributed by atoms with Crippen LogP contribution in [0.25, 0.3) is 0 Å². The lowest BCUT2D eigenvalue weighted by Crippen LogP contribution is -2.42. The summed E-state index contributed by atoms with van der Waals surface area (Å²) < 4.78 is 26.9. The molecule has 27 heavy (non-hydrogen) atoms. The van der Waals surface area contributed by atoms with Crippen LogP contribution in [0.1, 0.15) is 28.8 Å². The molecule has 1 aromatic carbocycles. The third-order valence-corrected chi connectivity index (χ3v) is 7.61. The van der Waals surface area contributed by atoms with Gasteiger partial charge in [-0.25, -0.2) is 13.8 Å². The van der Waals surface area contributed by atoms with Crippen molar-refractivity contribution < 1.29 is 13.2 Å². The van der Waals surface area contributed by atoms with Gasteiger partial charge in [0, 0.05) is 23.9 Å². The maximum absolute atomic E-state index is 12.7. The molecule has 0 aliphatic carbocycles. The molecule has 6 nitrogen and oxygen atoms in total. The van der Waals surface area contributed by atoms with Crippen molar-refractivity contribution in [3.8, 4) is 0 Å². The van der Waals surface area contributed by atoms with Gasteiger partial charge in [0.1, 0.15) is 0 Å². The molecule has 0 bridgehead atoms. The van der Waals surface area contributed by atoms with Gasteiger partial charge in [-0.05, 0) is 55.8 Å². The zero-order chi connectivity index (χ0) is 19.4. The first kappa shape index (κ1) is 19.7. The summed E-state index contributed by atoms with van der Waals surface area (Å²) in [6.45, 7) is 4.58. The van der Waals surface area contributed by atoms with Gasteiger partial charge in [-0.3, -0.25) is 4.79 Å². The number of nitrogens with zero attached hydrogens (tertiary/aromatic N) is 2. The lowest BCUT2D eigenvalue weighted by atomic mass is 9.98. The van der Waals surface area contributed by atoms with E-state index >= 15 is 0 Å². The topological polar surface area (TPSA) is 78.8 Å². The summed E-state index contributed by atoms with van der Waals surface area (Å²) in [6, 6.07) is 8.84. The minimum Gasteiger partial charge on any atom is -0.273 e. The Morgan fingerprint density at radius 2 is 1.85 bits per heavy atom. The average molecular weight is 406 g/mol. The van der Waals surface area contributed by atoms with Gasteiger partial charge < -0.3 is 0 Å². The first-order valence-electron chi connectivity index (χ1n) is 8.82. The van der Waals surface area contributed by atoms with Crippen molar-refractivity contribution in [2.24, 2.45) is 11.0 Å². The predicted molar refractivity (Wildman–Crippen MR) is 107 cm³/mol. The van der Waals surface area contributed by atoms with Crippen LogP contribution < -0.4 is 5.43 Å². The molecular weight excluding hydrogens is 382 g/mol. The van der Waals surface area contributed by atoms with E-state index in [9.17, 15) is 13.2 Å². The smallest absolute Gasteiger partial charge is 0.243 e. The summed E-state index contributed by atoms with van der Waals surface area (Å²) in [7, 11) is -3.51. The number of nitrogens with one attached hydrogen (secondary N) is 1. The SMILES string of the molecule is Cc1ccc(S(=O)(=O)N2CCC(C(=O)N/N=C\c3sccc3C)CC2)cc1. The van der Waals surface area contributed by atoms with Gasteiger partial charge in [0.15, 0.2) is 0 Å². The molecule has 0 atom stereocenters. The van der Waals surface area contributed by atoms with Gasteiger partial charge in [-0.2, -0.15) is 9.41 Å². The minimum atomic E-state index is -3.51. The average Bonchev–Trinajstić information content (AvgIpc) is 3.07. The van der Waals surface area contributed by atoms with E-state index in [-0.39, 0.29) is 11.8 Å². The van der Waals surface area contributed by atoms with E-state index in [2.05, 4.69) is 10.5 Å². The van der Waals surface area contributed by atoms with Crippen LogP contribution in [0.2, 0.25) is 0 Å². The molecule has 1 amide bonds. The molecule has 144 valence electrons. The Kier molecular flexibility index (Phi) is 6.08. The van der Waals surface area contributed by atoms with Crippen LogP contribution in [0.15, 0.2) is 45.7 Å². The number of hydrazone groups is 1. The van der Waals surface area contributed by atoms with Gasteiger partial charge >= 0.3 is 0 Å². The molecule has 3 rings (SSSR count). The number of amides is 1. The highest BCUT2D eigenvalue weighted by atomic mass is 32.2. The van der Waals surface area contributed by atoms with E-state index in [0.29, 0.717) is 30.8 Å². The summed E-state index contributed by atoms with van der Waals surface area (Å²) in [6.07, 6.45) is 2.63. The molecule has 1 saturated heterocycles. The molecule has 1 fully saturated rings. The second-order valence-corrected chi connectivity index (χ2v) is 9.58. The Bertz CT molecular complexity index is 925. The van der Waals surface area contributed by atoms with Crippen molar-refractivity contribution in [2.75, 3.05) is 13.1 Å². The molecular formula is C19H23N3O3S2. The second-order valence-electron chi connectivity index (χ2n) is 6.69. The summed E-state index contributed by atoms with van der Waals surface area (Å²) >= 11 is 1.56. The maximum atomic E-state index is 12.7. The third kappa shape index (κ3) is 4.63. The Morgan fingerprint density at radius 1 is 1.19 bits per heavy atom. The molecule has 0 radical (unpaired) electrons. The number of hydrogen-bond donors (Lipinski definition) is 1. The van der Waals surface area contributed by atoms with E-state index in [1.807, 2.05) is 25.3 Å². The first-order valence-corrected chi connectivity index (χ1v) is 11.1. The quantitative estimate of drug-likeness (QED) is 0.614. The largest absolute Gasteiger partial charge is 0.273 e. The van der Waals surface area contributed by atoms with Crippen molar-refractivity contribution in [1.29, 1.82) is 0 Å². The Hall–Kier alpha value is -2.03. The number of thiophene rings is 1. The molecule has 1 aliphatic heterocycles. The van der Waals surface area contributed by atoms with Gasteiger partial charge in [-0.15, -0.1) is 11.3 Å². The van der Waals surface area contributed by atoms with E-state index in [1.54, 1.807) is 41.8 Å². The van der Waals surface area contributed by atoms with Crippen LogP contribution in [0.5, 0.6) is 0 Å². The molecule has 2 heterocycles. The predicted octanol–water partition coefficient (Wildman–Crippen LogP) is 2.92. The number of piperidine rings is 1. The number of carbonyl (C=O) groups is 1. The van der Waals surface area contributed by atoms with E-state index in [1.165, 1.54) is 4.31 Å². The molecule has 2 aromatic rings. The van der Waals surface area contributed by atoms with Crippen molar-refractivity contribution in [2.45, 2.75) is 31.6 Å². The Morgan fingerprint density at radius 3 is 2.44 bits per heavy atom. The fraction of sp³-hybridized carbons (Fsp3) is 0.368. The van der Waals surface area contributed by atoms with Gasteiger partial charge in [0.2, 0.25) is 15.9 Å². The van der Waals surface area contributed by atoms with E-state index in [4.69, 9.17) is 0 Å². The molecule has 0 unspecified atom stereocenters. The zero-order valence-electron chi connectivity index (χ0n) is 15.4. The molecule has 1 aromatic heterocycles. The lowest BCUT2D eigenvalue weighted by Gasteiger charge is -2.30. The highest BCUT2D eigenvalue weighted by molar-refractivity contribution is 7.89. The fourth-order valence-electron chi connectivity index (χ4n) is 2.98. The van der Waals surface area contributed by atoms with Gasteiger partial charge in [-0.1, -0.05) is 17.7 Å². The summed E-state index contributed by atoms with van der Waals surface area (Å²) in [5.41, 5.74) is 4.71. The van der Waals surface area contributed by atoms with Crippen LogP contribution >= 0.6 is 11.3 Å². The highest BCUT2D eigenvalue weighted by Gasteiger charge is 2.31.